The molecule has 0 fully saturated rings. The van der Waals surface area contributed by atoms with Crippen molar-refractivity contribution in [2.75, 3.05) is 0 Å². The fourth-order valence-electron chi connectivity index (χ4n) is 5.76. The SMILES string of the molecule is Cc1ccc2c(-c3cc4ccccc4c4ccccc34)c3ccccc3c(-c3ccccc3)c2c1. The van der Waals surface area contributed by atoms with Crippen LogP contribution >= 0.6 is 0 Å². The minimum Gasteiger partial charge on any atom is -0.0622 e. The largest absolute Gasteiger partial charge is 0.0622 e. The molecule has 7 rings (SSSR count). The average molecular weight is 445 g/mol. The first kappa shape index (κ1) is 20.0. The highest BCUT2D eigenvalue weighted by atomic mass is 14.2. The summed E-state index contributed by atoms with van der Waals surface area (Å²) in [6, 6.07) is 46.6. The molecular formula is C35H24. The van der Waals surface area contributed by atoms with Gasteiger partial charge in [0, 0.05) is 0 Å². The van der Waals surface area contributed by atoms with E-state index in [0.717, 1.165) is 0 Å². The van der Waals surface area contributed by atoms with Gasteiger partial charge >= 0.3 is 0 Å². The Morgan fingerprint density at radius 1 is 0.371 bits per heavy atom. The summed E-state index contributed by atoms with van der Waals surface area (Å²) in [5.41, 5.74) is 6.46. The minimum absolute atomic E-state index is 1.26. The van der Waals surface area contributed by atoms with Crippen LogP contribution in [0.4, 0.5) is 0 Å². The van der Waals surface area contributed by atoms with Gasteiger partial charge in [-0.3, -0.25) is 0 Å². The summed E-state index contributed by atoms with van der Waals surface area (Å²) in [6.07, 6.45) is 0. The van der Waals surface area contributed by atoms with Crippen LogP contribution in [0.15, 0.2) is 127 Å². The Morgan fingerprint density at radius 2 is 0.943 bits per heavy atom. The molecule has 0 aromatic heterocycles. The van der Waals surface area contributed by atoms with E-state index in [0.29, 0.717) is 0 Å². The van der Waals surface area contributed by atoms with E-state index in [1.54, 1.807) is 0 Å². The number of hydrogen-bond donors (Lipinski definition) is 0. The molecule has 0 bridgehead atoms. The summed E-state index contributed by atoms with van der Waals surface area (Å²) in [4.78, 5) is 0. The Labute approximate surface area is 205 Å². The van der Waals surface area contributed by atoms with Crippen molar-refractivity contribution in [2.24, 2.45) is 0 Å². The van der Waals surface area contributed by atoms with Crippen LogP contribution in [0.3, 0.4) is 0 Å². The fourth-order valence-corrected chi connectivity index (χ4v) is 5.76. The third-order valence-corrected chi connectivity index (χ3v) is 7.28. The van der Waals surface area contributed by atoms with Gasteiger partial charge in [0.05, 0.1) is 0 Å². The molecule has 0 heteroatoms. The van der Waals surface area contributed by atoms with E-state index in [-0.39, 0.29) is 0 Å². The molecule has 0 amide bonds. The highest BCUT2D eigenvalue weighted by molar-refractivity contribution is 6.25. The van der Waals surface area contributed by atoms with Crippen molar-refractivity contribution >= 4 is 43.1 Å². The lowest BCUT2D eigenvalue weighted by atomic mass is 9.83. The molecule has 0 saturated heterocycles. The van der Waals surface area contributed by atoms with E-state index in [9.17, 15) is 0 Å². The Morgan fingerprint density at radius 3 is 1.71 bits per heavy atom. The molecule has 0 aliphatic rings. The van der Waals surface area contributed by atoms with Crippen molar-refractivity contribution in [3.05, 3.63) is 133 Å². The van der Waals surface area contributed by atoms with Crippen LogP contribution in [-0.2, 0) is 0 Å². The minimum atomic E-state index is 1.26. The molecule has 0 N–H and O–H groups in total. The monoisotopic (exact) mass is 444 g/mol. The van der Waals surface area contributed by atoms with E-state index < -0.39 is 0 Å². The third kappa shape index (κ3) is 3.07. The third-order valence-electron chi connectivity index (χ3n) is 7.28. The first-order valence-corrected chi connectivity index (χ1v) is 12.2. The molecule has 0 radical (unpaired) electrons. The van der Waals surface area contributed by atoms with Gasteiger partial charge in [0.2, 0.25) is 0 Å². The van der Waals surface area contributed by atoms with Crippen LogP contribution in [0, 0.1) is 6.92 Å². The zero-order valence-electron chi connectivity index (χ0n) is 19.6. The molecular weight excluding hydrogens is 420 g/mol. The number of hydrogen-bond acceptors (Lipinski definition) is 0. The van der Waals surface area contributed by atoms with E-state index in [4.69, 9.17) is 0 Å². The average Bonchev–Trinajstić information content (AvgIpc) is 2.92. The van der Waals surface area contributed by atoms with Crippen LogP contribution in [-0.4, -0.2) is 0 Å². The normalized spacial score (nSPS) is 11.6. The maximum Gasteiger partial charge on any atom is -0.00199 e. The van der Waals surface area contributed by atoms with Crippen LogP contribution < -0.4 is 0 Å². The van der Waals surface area contributed by atoms with Crippen LogP contribution in [0.25, 0.3) is 65.3 Å². The molecule has 0 spiro atoms. The smallest absolute Gasteiger partial charge is 0.00199 e. The van der Waals surface area contributed by atoms with Crippen molar-refractivity contribution in [2.45, 2.75) is 6.92 Å². The molecule has 0 saturated carbocycles. The molecule has 164 valence electrons. The van der Waals surface area contributed by atoms with Gasteiger partial charge in [-0.15, -0.1) is 0 Å². The van der Waals surface area contributed by atoms with Gasteiger partial charge in [-0.05, 0) is 78.3 Å². The maximum atomic E-state index is 2.39. The van der Waals surface area contributed by atoms with Crippen molar-refractivity contribution in [3.8, 4) is 22.3 Å². The van der Waals surface area contributed by atoms with Gasteiger partial charge in [-0.2, -0.15) is 0 Å². The highest BCUT2D eigenvalue weighted by Gasteiger charge is 2.18. The van der Waals surface area contributed by atoms with Crippen molar-refractivity contribution in [1.29, 1.82) is 0 Å². The molecule has 0 atom stereocenters. The lowest BCUT2D eigenvalue weighted by Crippen LogP contribution is -1.92. The predicted octanol–water partition coefficient (Wildman–Crippen LogP) is 9.94. The zero-order valence-corrected chi connectivity index (χ0v) is 19.6. The molecule has 0 heterocycles. The Kier molecular flexibility index (Phi) is 4.47. The second-order valence-electron chi connectivity index (χ2n) is 9.40. The van der Waals surface area contributed by atoms with E-state index in [2.05, 4.69) is 134 Å². The lowest BCUT2D eigenvalue weighted by molar-refractivity contribution is 1.51. The van der Waals surface area contributed by atoms with Crippen molar-refractivity contribution < 1.29 is 0 Å². The Hall–Kier alpha value is -4.42. The molecule has 0 unspecified atom stereocenters. The van der Waals surface area contributed by atoms with E-state index in [1.807, 2.05) is 0 Å². The van der Waals surface area contributed by atoms with E-state index >= 15 is 0 Å². The maximum absolute atomic E-state index is 2.39. The first-order valence-electron chi connectivity index (χ1n) is 12.2. The van der Waals surface area contributed by atoms with Gasteiger partial charge in [-0.1, -0.05) is 127 Å². The molecule has 0 nitrogen and oxygen atoms in total. The summed E-state index contributed by atoms with van der Waals surface area (Å²) >= 11 is 0. The summed E-state index contributed by atoms with van der Waals surface area (Å²) in [7, 11) is 0. The van der Waals surface area contributed by atoms with Crippen molar-refractivity contribution in [1.82, 2.24) is 0 Å². The molecule has 0 aliphatic heterocycles. The van der Waals surface area contributed by atoms with Crippen molar-refractivity contribution in [3.63, 3.8) is 0 Å². The van der Waals surface area contributed by atoms with Gasteiger partial charge in [-0.25, -0.2) is 0 Å². The standard InChI is InChI=1S/C35H24/c1-23-19-20-31-32(21-23)34(24-11-3-2-4-12-24)29-17-9-10-18-30(29)35(31)33-22-25-13-5-6-14-26(25)27-15-7-8-16-28(27)33/h2-22H,1H3. The molecule has 7 aromatic carbocycles. The molecule has 7 aromatic rings. The van der Waals surface area contributed by atoms with Gasteiger partial charge in [0.15, 0.2) is 0 Å². The van der Waals surface area contributed by atoms with Gasteiger partial charge < -0.3 is 0 Å². The second-order valence-corrected chi connectivity index (χ2v) is 9.40. The Balaban J connectivity index is 1.73. The van der Waals surface area contributed by atoms with Gasteiger partial charge in [0.25, 0.3) is 0 Å². The molecule has 35 heavy (non-hydrogen) atoms. The topological polar surface area (TPSA) is 0 Å². The number of benzene rings is 7. The second kappa shape index (κ2) is 7.82. The first-order chi connectivity index (χ1) is 17.3. The number of rotatable bonds is 2. The fraction of sp³-hybridized carbons (Fsp3) is 0.0286. The Bertz CT molecular complexity index is 1890. The number of aryl methyl sites for hydroxylation is 1. The summed E-state index contributed by atoms with van der Waals surface area (Å²) in [5, 5.41) is 10.4. The molecule has 0 aliphatic carbocycles. The van der Waals surface area contributed by atoms with Gasteiger partial charge in [0.1, 0.15) is 0 Å². The number of fused-ring (bicyclic) bond motifs is 5. The summed E-state index contributed by atoms with van der Waals surface area (Å²) in [6.45, 7) is 2.19. The lowest BCUT2D eigenvalue weighted by Gasteiger charge is -2.20. The van der Waals surface area contributed by atoms with Crippen LogP contribution in [0.5, 0.6) is 0 Å². The van der Waals surface area contributed by atoms with Crippen LogP contribution in [0.1, 0.15) is 5.56 Å². The summed E-state index contributed by atoms with van der Waals surface area (Å²) < 4.78 is 0. The zero-order chi connectivity index (χ0) is 23.4. The van der Waals surface area contributed by atoms with Crippen LogP contribution in [0.2, 0.25) is 0 Å². The summed E-state index contributed by atoms with van der Waals surface area (Å²) in [5.74, 6) is 0. The predicted molar refractivity (Wildman–Crippen MR) is 152 cm³/mol. The van der Waals surface area contributed by atoms with E-state index in [1.165, 1.54) is 70.9 Å². The quantitative estimate of drug-likeness (QED) is 0.184. The highest BCUT2D eigenvalue weighted by Crippen LogP contribution is 2.46.